The molecule has 7 heteroatoms. The Morgan fingerprint density at radius 3 is 3.06 bits per heavy atom. The van der Waals surface area contributed by atoms with E-state index in [1.807, 2.05) is 0 Å². The van der Waals surface area contributed by atoms with Crippen LogP contribution in [0, 0.1) is 0 Å². The molecule has 0 unspecified atom stereocenters. The van der Waals surface area contributed by atoms with Crippen molar-refractivity contribution in [3.63, 3.8) is 0 Å². The van der Waals surface area contributed by atoms with E-state index in [0.717, 1.165) is 4.88 Å². The number of rotatable bonds is 4. The van der Waals surface area contributed by atoms with Crippen molar-refractivity contribution in [1.29, 1.82) is 0 Å². The van der Waals surface area contributed by atoms with Crippen LogP contribution in [0.5, 0.6) is 5.88 Å². The van der Waals surface area contributed by atoms with Crippen LogP contribution >= 0.6 is 11.3 Å². The summed E-state index contributed by atoms with van der Waals surface area (Å²) in [5.41, 5.74) is 8.00. The fourth-order valence-electron chi connectivity index (χ4n) is 1.18. The summed E-state index contributed by atoms with van der Waals surface area (Å²) >= 11 is 1.57. The molecule has 2 aromatic rings. The van der Waals surface area contributed by atoms with Gasteiger partial charge < -0.3 is 15.8 Å². The van der Waals surface area contributed by atoms with Crippen molar-refractivity contribution >= 4 is 22.8 Å². The Labute approximate surface area is 96.5 Å². The number of hydrogen-bond acceptors (Lipinski definition) is 7. The van der Waals surface area contributed by atoms with Gasteiger partial charge in [-0.25, -0.2) is 4.98 Å². The number of anilines is 2. The first kappa shape index (κ1) is 10.6. The molecule has 0 aromatic carbocycles. The van der Waals surface area contributed by atoms with Gasteiger partial charge in [-0.05, 0) is 0 Å². The quantitative estimate of drug-likeness (QED) is 0.829. The van der Waals surface area contributed by atoms with Crippen LogP contribution in [0.25, 0.3) is 0 Å². The molecule has 6 nitrogen and oxygen atoms in total. The predicted octanol–water partition coefficient (Wildman–Crippen LogP) is 1.14. The molecular weight excluding hydrogens is 226 g/mol. The molecular formula is C9H11N5OS. The lowest BCUT2D eigenvalue weighted by Gasteiger charge is -2.08. The molecule has 0 aliphatic heterocycles. The molecule has 0 bridgehead atoms. The second-order valence-corrected chi connectivity index (χ2v) is 3.94. The summed E-state index contributed by atoms with van der Waals surface area (Å²) < 4.78 is 5.00. The largest absolute Gasteiger partial charge is 0.479 e. The Balaban J connectivity index is 2.09. The highest BCUT2D eigenvalue weighted by Crippen LogP contribution is 2.24. The van der Waals surface area contributed by atoms with Crippen molar-refractivity contribution in [1.82, 2.24) is 15.0 Å². The van der Waals surface area contributed by atoms with E-state index in [0.29, 0.717) is 23.9 Å². The van der Waals surface area contributed by atoms with Crippen LogP contribution in [0.4, 0.5) is 11.5 Å². The second kappa shape index (κ2) is 4.75. The Morgan fingerprint density at radius 2 is 2.38 bits per heavy atom. The molecule has 2 heterocycles. The van der Waals surface area contributed by atoms with Gasteiger partial charge in [0.2, 0.25) is 5.88 Å². The number of thiazole rings is 1. The van der Waals surface area contributed by atoms with Gasteiger partial charge in [0.25, 0.3) is 0 Å². The first-order chi connectivity index (χ1) is 7.81. The van der Waals surface area contributed by atoms with Gasteiger partial charge in [0.15, 0.2) is 5.82 Å². The van der Waals surface area contributed by atoms with Gasteiger partial charge in [0.1, 0.15) is 12.0 Å². The summed E-state index contributed by atoms with van der Waals surface area (Å²) in [6.45, 7) is 0.634. The number of aromatic nitrogens is 3. The SMILES string of the molecule is COc1ncnc(NCc2cncs2)c1N. The summed E-state index contributed by atoms with van der Waals surface area (Å²) in [5, 5.41) is 3.10. The molecule has 2 rings (SSSR count). The minimum atomic E-state index is 0.377. The zero-order valence-corrected chi connectivity index (χ0v) is 9.49. The summed E-state index contributed by atoms with van der Waals surface area (Å²) in [6.07, 6.45) is 3.20. The van der Waals surface area contributed by atoms with E-state index in [2.05, 4.69) is 20.3 Å². The highest BCUT2D eigenvalue weighted by atomic mass is 32.1. The lowest BCUT2D eigenvalue weighted by atomic mass is 10.4. The van der Waals surface area contributed by atoms with Crippen LogP contribution in [0.2, 0.25) is 0 Å². The van der Waals surface area contributed by atoms with Gasteiger partial charge in [-0.2, -0.15) is 4.98 Å². The average Bonchev–Trinajstić information content (AvgIpc) is 2.81. The van der Waals surface area contributed by atoms with E-state index < -0.39 is 0 Å². The van der Waals surface area contributed by atoms with E-state index >= 15 is 0 Å². The minimum Gasteiger partial charge on any atom is -0.479 e. The lowest BCUT2D eigenvalue weighted by molar-refractivity contribution is 0.399. The Kier molecular flexibility index (Phi) is 3.16. The third kappa shape index (κ3) is 2.19. The molecule has 2 aromatic heterocycles. The number of hydrogen-bond donors (Lipinski definition) is 2. The highest BCUT2D eigenvalue weighted by molar-refractivity contribution is 7.09. The first-order valence-electron chi connectivity index (χ1n) is 4.57. The molecule has 0 saturated carbocycles. The van der Waals surface area contributed by atoms with Crippen molar-refractivity contribution in [2.24, 2.45) is 0 Å². The molecule has 0 atom stereocenters. The van der Waals surface area contributed by atoms with Gasteiger partial charge >= 0.3 is 0 Å². The monoisotopic (exact) mass is 237 g/mol. The zero-order chi connectivity index (χ0) is 11.4. The molecule has 0 saturated heterocycles. The molecule has 0 radical (unpaired) electrons. The van der Waals surface area contributed by atoms with Crippen LogP contribution in [0.3, 0.4) is 0 Å². The van der Waals surface area contributed by atoms with E-state index in [-0.39, 0.29) is 0 Å². The normalized spacial score (nSPS) is 10.1. The zero-order valence-electron chi connectivity index (χ0n) is 8.67. The van der Waals surface area contributed by atoms with Crippen LogP contribution in [0.15, 0.2) is 18.0 Å². The average molecular weight is 237 g/mol. The number of nitrogens with two attached hydrogens (primary N) is 1. The fraction of sp³-hybridized carbons (Fsp3) is 0.222. The molecule has 0 aliphatic rings. The summed E-state index contributed by atoms with van der Waals surface area (Å²) in [6, 6.07) is 0. The Morgan fingerprint density at radius 1 is 1.50 bits per heavy atom. The number of methoxy groups -OCH3 is 1. The van der Waals surface area contributed by atoms with Crippen molar-refractivity contribution in [3.05, 3.63) is 22.9 Å². The number of nitrogens with zero attached hydrogens (tertiary/aromatic N) is 3. The number of nitrogen functional groups attached to an aromatic ring is 1. The topological polar surface area (TPSA) is 86.0 Å². The number of nitrogens with one attached hydrogen (secondary N) is 1. The maximum absolute atomic E-state index is 5.81. The molecule has 3 N–H and O–H groups in total. The van der Waals surface area contributed by atoms with Crippen LogP contribution in [-0.2, 0) is 6.54 Å². The molecule has 84 valence electrons. The minimum absolute atomic E-state index is 0.377. The molecule has 0 amide bonds. The maximum atomic E-state index is 5.81. The Bertz CT molecular complexity index is 459. The molecule has 0 aliphatic carbocycles. The second-order valence-electron chi connectivity index (χ2n) is 2.97. The fourth-order valence-corrected chi connectivity index (χ4v) is 1.72. The van der Waals surface area contributed by atoms with E-state index in [1.165, 1.54) is 13.4 Å². The number of ether oxygens (including phenoxy) is 1. The smallest absolute Gasteiger partial charge is 0.242 e. The van der Waals surface area contributed by atoms with Gasteiger partial charge in [-0.1, -0.05) is 0 Å². The van der Waals surface area contributed by atoms with Crippen molar-refractivity contribution < 1.29 is 4.74 Å². The Hall–Kier alpha value is -1.89. The van der Waals surface area contributed by atoms with E-state index in [9.17, 15) is 0 Å². The predicted molar refractivity (Wildman–Crippen MR) is 62.4 cm³/mol. The van der Waals surface area contributed by atoms with Gasteiger partial charge in [0, 0.05) is 11.1 Å². The van der Waals surface area contributed by atoms with Crippen LogP contribution in [0.1, 0.15) is 4.88 Å². The maximum Gasteiger partial charge on any atom is 0.242 e. The summed E-state index contributed by atoms with van der Waals surface area (Å²) in [7, 11) is 1.52. The molecule has 0 spiro atoms. The third-order valence-electron chi connectivity index (χ3n) is 1.95. The highest BCUT2D eigenvalue weighted by Gasteiger charge is 2.07. The van der Waals surface area contributed by atoms with Crippen molar-refractivity contribution in [3.8, 4) is 5.88 Å². The van der Waals surface area contributed by atoms with Gasteiger partial charge in [-0.3, -0.25) is 4.98 Å². The van der Waals surface area contributed by atoms with Crippen molar-refractivity contribution in [2.75, 3.05) is 18.2 Å². The third-order valence-corrected chi connectivity index (χ3v) is 2.73. The van der Waals surface area contributed by atoms with Crippen LogP contribution < -0.4 is 15.8 Å². The molecule has 16 heavy (non-hydrogen) atoms. The summed E-state index contributed by atoms with van der Waals surface area (Å²) in [4.78, 5) is 13.0. The van der Waals surface area contributed by atoms with Gasteiger partial charge in [-0.15, -0.1) is 11.3 Å². The van der Waals surface area contributed by atoms with Crippen LogP contribution in [-0.4, -0.2) is 22.1 Å². The van der Waals surface area contributed by atoms with E-state index in [4.69, 9.17) is 10.5 Å². The summed E-state index contributed by atoms with van der Waals surface area (Å²) in [5.74, 6) is 0.946. The molecule has 0 fully saturated rings. The van der Waals surface area contributed by atoms with Gasteiger partial charge in [0.05, 0.1) is 19.2 Å². The van der Waals surface area contributed by atoms with Crippen molar-refractivity contribution in [2.45, 2.75) is 6.54 Å². The lowest BCUT2D eigenvalue weighted by Crippen LogP contribution is -2.06. The standard InChI is InChI=1S/C9H11N5OS/c1-15-9-7(10)8(13-4-14-9)12-3-6-2-11-5-16-6/h2,4-5H,3,10H2,1H3,(H,12,13,14). The first-order valence-corrected chi connectivity index (χ1v) is 5.45. The van der Waals surface area contributed by atoms with E-state index in [1.54, 1.807) is 23.0 Å².